The van der Waals surface area contributed by atoms with Gasteiger partial charge in [-0.1, -0.05) is 43.1 Å². The molecule has 3 saturated heterocycles. The molecule has 0 saturated carbocycles. The molecule has 8 atom stereocenters. The molecule has 14 heteroatoms. The summed E-state index contributed by atoms with van der Waals surface area (Å²) >= 11 is 6.11. The summed E-state index contributed by atoms with van der Waals surface area (Å²) in [5, 5.41) is 6.80. The molecule has 48 heavy (non-hydrogen) atoms. The Hall–Kier alpha value is -2.29. The van der Waals surface area contributed by atoms with Crippen LogP contribution in [0.25, 0.3) is 0 Å². The van der Waals surface area contributed by atoms with Crippen molar-refractivity contribution in [2.75, 3.05) is 30.8 Å². The first-order valence-electron chi connectivity index (χ1n) is 16.8. The molecule has 3 heterocycles. The summed E-state index contributed by atoms with van der Waals surface area (Å²) in [4.78, 5) is 13.8. The van der Waals surface area contributed by atoms with Crippen LogP contribution in [-0.4, -0.2) is 74.5 Å². The second-order valence-electron chi connectivity index (χ2n) is 13.4. The molecule has 3 aliphatic heterocycles. The minimum absolute atomic E-state index is 0.0295. The van der Waals surface area contributed by atoms with Gasteiger partial charge in [0.2, 0.25) is 15.9 Å². The minimum Gasteiger partial charge on any atom is -0.378 e. The van der Waals surface area contributed by atoms with Crippen molar-refractivity contribution >= 4 is 33.2 Å². The molecule has 2 aromatic carbocycles. The van der Waals surface area contributed by atoms with Crippen molar-refractivity contribution in [1.82, 2.24) is 9.62 Å². The molecule has 0 aromatic heterocycles. The number of anilines is 1. The van der Waals surface area contributed by atoms with E-state index in [2.05, 4.69) is 10.6 Å². The number of hydrogen-bond donors (Lipinski definition) is 3. The average Bonchev–Trinajstić information content (AvgIpc) is 3.30. The van der Waals surface area contributed by atoms with Crippen LogP contribution < -0.4 is 16.4 Å². The molecular weight excluding hydrogens is 672 g/mol. The third-order valence-electron chi connectivity index (χ3n) is 10.2. The number of nitrogens with two attached hydrogens (primary N) is 1. The molecule has 4 N–H and O–H groups in total. The Morgan fingerprint density at radius 1 is 1.19 bits per heavy atom. The molecular formula is C34H45ClF4N4O4S. The van der Waals surface area contributed by atoms with Crippen molar-refractivity contribution in [3.63, 3.8) is 0 Å². The number of halogens is 5. The van der Waals surface area contributed by atoms with Gasteiger partial charge in [0, 0.05) is 47.4 Å². The lowest BCUT2D eigenvalue weighted by molar-refractivity contribution is -0.169. The molecule has 8 nitrogen and oxygen atoms in total. The van der Waals surface area contributed by atoms with Crippen LogP contribution in [0.5, 0.6) is 0 Å². The van der Waals surface area contributed by atoms with Gasteiger partial charge in [-0.15, -0.1) is 0 Å². The number of nitrogens with zero attached hydrogens (tertiary/aromatic N) is 1. The van der Waals surface area contributed by atoms with Crippen molar-refractivity contribution in [3.05, 3.63) is 64.4 Å². The number of benzene rings is 2. The summed E-state index contributed by atoms with van der Waals surface area (Å²) in [6, 6.07) is 9.63. The number of sulfonamides is 1. The highest BCUT2D eigenvalue weighted by atomic mass is 35.5. The van der Waals surface area contributed by atoms with Crippen molar-refractivity contribution < 1.29 is 35.5 Å². The predicted molar refractivity (Wildman–Crippen MR) is 178 cm³/mol. The number of hydrogen-bond acceptors (Lipinski definition) is 6. The van der Waals surface area contributed by atoms with Gasteiger partial charge in [-0.3, -0.25) is 4.79 Å². The van der Waals surface area contributed by atoms with Crippen molar-refractivity contribution in [2.45, 2.75) is 94.6 Å². The van der Waals surface area contributed by atoms with Gasteiger partial charge in [0.25, 0.3) is 0 Å². The summed E-state index contributed by atoms with van der Waals surface area (Å²) in [5.41, 5.74) is 7.76. The van der Waals surface area contributed by atoms with Gasteiger partial charge in [0.15, 0.2) is 0 Å². The second kappa shape index (κ2) is 15.7. The Balaban J connectivity index is 1.37. The number of nitrogens with one attached hydrogen (secondary N) is 2. The molecule has 0 spiro atoms. The van der Waals surface area contributed by atoms with Crippen molar-refractivity contribution in [3.8, 4) is 0 Å². The van der Waals surface area contributed by atoms with Crippen molar-refractivity contribution in [2.24, 2.45) is 17.6 Å². The third kappa shape index (κ3) is 9.08. The van der Waals surface area contributed by atoms with Crippen molar-refractivity contribution in [1.29, 1.82) is 0 Å². The highest BCUT2D eigenvalue weighted by Gasteiger charge is 2.42. The lowest BCUT2D eigenvalue weighted by Crippen LogP contribution is -2.46. The van der Waals surface area contributed by atoms with Crippen LogP contribution in [0.3, 0.4) is 0 Å². The number of fused-ring (bicyclic) bond motifs is 2. The average molecular weight is 717 g/mol. The molecule has 3 fully saturated rings. The van der Waals surface area contributed by atoms with Crippen LogP contribution >= 0.6 is 11.6 Å². The van der Waals surface area contributed by atoms with Gasteiger partial charge in [-0.2, -0.15) is 17.5 Å². The maximum Gasteiger partial charge on any atom is 0.391 e. The number of carbonyl (C=O) groups is 1. The van der Waals surface area contributed by atoms with E-state index >= 15 is 4.39 Å². The smallest absolute Gasteiger partial charge is 0.378 e. The number of rotatable bonds is 10. The monoisotopic (exact) mass is 716 g/mol. The van der Waals surface area contributed by atoms with Gasteiger partial charge >= 0.3 is 6.18 Å². The van der Waals surface area contributed by atoms with Gasteiger partial charge in [-0.05, 0) is 86.7 Å². The first-order chi connectivity index (χ1) is 22.8. The van der Waals surface area contributed by atoms with E-state index < -0.39 is 58.3 Å². The molecule has 3 aliphatic rings. The van der Waals surface area contributed by atoms with Crippen LogP contribution in [0.1, 0.15) is 68.9 Å². The molecule has 8 unspecified atom stereocenters. The predicted octanol–water partition coefficient (Wildman–Crippen LogP) is 6.00. The minimum atomic E-state index is -4.40. The maximum atomic E-state index is 15.5. The molecule has 0 radical (unpaired) electrons. The van der Waals surface area contributed by atoms with Gasteiger partial charge < -0.3 is 21.1 Å². The van der Waals surface area contributed by atoms with Crippen LogP contribution in [-0.2, 0) is 26.0 Å². The molecule has 1 amide bonds. The van der Waals surface area contributed by atoms with Gasteiger partial charge in [-0.25, -0.2) is 12.8 Å². The zero-order valence-corrected chi connectivity index (χ0v) is 28.6. The van der Waals surface area contributed by atoms with E-state index in [1.807, 2.05) is 6.92 Å². The Kier molecular flexibility index (Phi) is 12.1. The van der Waals surface area contributed by atoms with Crippen LogP contribution in [0.15, 0.2) is 42.5 Å². The molecule has 266 valence electrons. The Bertz CT molecular complexity index is 1510. The number of amides is 1. The van der Waals surface area contributed by atoms with Crippen LogP contribution in [0.2, 0.25) is 5.02 Å². The Morgan fingerprint density at radius 2 is 1.94 bits per heavy atom. The van der Waals surface area contributed by atoms with E-state index in [9.17, 15) is 26.4 Å². The summed E-state index contributed by atoms with van der Waals surface area (Å²) in [5.74, 6) is -2.09. The first-order valence-corrected chi connectivity index (χ1v) is 18.7. The molecule has 2 bridgehead atoms. The van der Waals surface area contributed by atoms with E-state index in [1.54, 1.807) is 34.6 Å². The highest BCUT2D eigenvalue weighted by molar-refractivity contribution is 7.89. The summed E-state index contributed by atoms with van der Waals surface area (Å²) in [6.45, 7) is 3.16. The summed E-state index contributed by atoms with van der Waals surface area (Å²) in [6.07, 6.45) is -3.45. The summed E-state index contributed by atoms with van der Waals surface area (Å²) in [7, 11) is -3.49. The lowest BCUT2D eigenvalue weighted by atomic mass is 9.75. The number of ether oxygens (including phenoxy) is 1. The molecule has 5 rings (SSSR count). The highest BCUT2D eigenvalue weighted by Crippen LogP contribution is 2.40. The zero-order chi connectivity index (χ0) is 34.6. The largest absolute Gasteiger partial charge is 0.391 e. The van der Waals surface area contributed by atoms with Crippen LogP contribution in [0.4, 0.5) is 23.2 Å². The Morgan fingerprint density at radius 3 is 2.65 bits per heavy atom. The third-order valence-corrected chi connectivity index (χ3v) is 12.4. The lowest BCUT2D eigenvalue weighted by Gasteiger charge is -2.37. The quantitative estimate of drug-likeness (QED) is 0.260. The van der Waals surface area contributed by atoms with E-state index in [0.717, 1.165) is 12.8 Å². The SMILES string of the molecule is CCC1CNC2CCCS(=O)(=O)N(C2)C1CCc1c(F)cccc1NC(=O)C(N)C(c1ccc(Cl)cc1)C1CCOC(CC(F)(F)F)C1. The standard InChI is InChI=1S/C34H45ClF4N4O4S/c1-2-21-19-41-25-5-4-16-48(45,46)43(20-25)30(21)13-12-27-28(36)6-3-7-29(27)42-33(44)32(40)31(22-8-10-24(35)11-9-22)23-14-15-47-26(17-23)18-34(37,38)39/h3,6-11,21,23,25-26,30-32,41H,2,4-5,12-20,40H2,1H3,(H,42,44). The topological polar surface area (TPSA) is 114 Å². The fraction of sp³-hybridized carbons (Fsp3) is 0.618. The number of alkyl halides is 3. The summed E-state index contributed by atoms with van der Waals surface area (Å²) < 4.78 is 88.9. The number of carbonyl (C=O) groups excluding carboxylic acids is 1. The fourth-order valence-corrected chi connectivity index (χ4v) is 9.73. The van der Waals surface area contributed by atoms with E-state index in [0.29, 0.717) is 42.9 Å². The van der Waals surface area contributed by atoms with Gasteiger partial charge in [0.05, 0.1) is 24.3 Å². The fourth-order valence-electron chi connectivity index (χ4n) is 7.74. The van der Waals surface area contributed by atoms with E-state index in [-0.39, 0.29) is 54.5 Å². The van der Waals surface area contributed by atoms with Gasteiger partial charge in [0.1, 0.15) is 5.82 Å². The van der Waals surface area contributed by atoms with Crippen LogP contribution in [0, 0.1) is 17.7 Å². The maximum absolute atomic E-state index is 15.5. The van der Waals surface area contributed by atoms with E-state index in [1.165, 1.54) is 12.1 Å². The Labute approximate surface area is 285 Å². The molecule has 0 aliphatic carbocycles. The first kappa shape index (κ1) is 37.0. The molecule has 2 aromatic rings. The second-order valence-corrected chi connectivity index (χ2v) is 15.8. The zero-order valence-electron chi connectivity index (χ0n) is 27.0. The normalized spacial score (nSPS) is 28.9. The van der Waals surface area contributed by atoms with E-state index in [4.69, 9.17) is 22.1 Å².